The van der Waals surface area contributed by atoms with Gasteiger partial charge in [-0.25, -0.2) is 0 Å². The lowest BCUT2D eigenvalue weighted by molar-refractivity contribution is 0.197. The number of phenols is 1. The van der Waals surface area contributed by atoms with E-state index in [2.05, 4.69) is 15.1 Å². The van der Waals surface area contributed by atoms with Gasteiger partial charge >= 0.3 is 0 Å². The molecule has 0 radical (unpaired) electrons. The van der Waals surface area contributed by atoms with Crippen LogP contribution in [0.4, 0.5) is 0 Å². The molecule has 1 fully saturated rings. The van der Waals surface area contributed by atoms with Gasteiger partial charge in [-0.05, 0) is 43.1 Å². The van der Waals surface area contributed by atoms with E-state index in [4.69, 9.17) is 11.6 Å². The number of piperidine rings is 1. The second-order valence-electron chi connectivity index (χ2n) is 6.91. The van der Waals surface area contributed by atoms with Crippen LogP contribution in [-0.4, -0.2) is 33.3 Å². The van der Waals surface area contributed by atoms with Crippen molar-refractivity contribution in [3.05, 3.63) is 71.0 Å². The number of aromatic nitrogens is 2. The molecule has 134 valence electrons. The van der Waals surface area contributed by atoms with Gasteiger partial charge in [0.2, 0.25) is 0 Å². The molecular weight excluding hydrogens is 346 g/mol. The van der Waals surface area contributed by atoms with Crippen molar-refractivity contribution in [3.63, 3.8) is 0 Å². The molecule has 2 aromatic carbocycles. The second-order valence-corrected chi connectivity index (χ2v) is 7.34. The number of halogens is 1. The van der Waals surface area contributed by atoms with Gasteiger partial charge in [0.25, 0.3) is 0 Å². The summed E-state index contributed by atoms with van der Waals surface area (Å²) in [5.74, 6) is 0.779. The monoisotopic (exact) mass is 367 g/mol. The number of H-pyrrole nitrogens is 1. The minimum absolute atomic E-state index is 0.373. The van der Waals surface area contributed by atoms with E-state index in [-0.39, 0.29) is 0 Å². The maximum atomic E-state index is 10.1. The Kier molecular flexibility index (Phi) is 4.96. The van der Waals surface area contributed by atoms with Crippen molar-refractivity contribution in [3.8, 4) is 16.9 Å². The van der Waals surface area contributed by atoms with Crippen molar-refractivity contribution in [2.75, 3.05) is 13.1 Å². The van der Waals surface area contributed by atoms with Crippen LogP contribution >= 0.6 is 11.6 Å². The fourth-order valence-electron chi connectivity index (χ4n) is 3.79. The molecule has 1 saturated heterocycles. The van der Waals surface area contributed by atoms with Gasteiger partial charge in [-0.1, -0.05) is 41.9 Å². The molecule has 26 heavy (non-hydrogen) atoms. The third-order valence-corrected chi connectivity index (χ3v) is 5.38. The fraction of sp³-hybridized carbons (Fsp3) is 0.286. The van der Waals surface area contributed by atoms with Gasteiger partial charge in [-0.2, -0.15) is 5.10 Å². The first-order valence-corrected chi connectivity index (χ1v) is 9.37. The average molecular weight is 368 g/mol. The number of nitrogens with one attached hydrogen (secondary N) is 1. The van der Waals surface area contributed by atoms with Crippen molar-refractivity contribution in [1.29, 1.82) is 0 Å². The Bertz CT molecular complexity index is 875. The van der Waals surface area contributed by atoms with E-state index >= 15 is 0 Å². The van der Waals surface area contributed by atoms with Gasteiger partial charge in [0.15, 0.2) is 0 Å². The molecule has 2 N–H and O–H groups in total. The van der Waals surface area contributed by atoms with Crippen LogP contribution in [0.1, 0.15) is 30.0 Å². The SMILES string of the molecule is Oc1ccccc1CN1CCCC(c2[nH]ncc2-c2ccc(Cl)cc2)C1. The third kappa shape index (κ3) is 3.62. The van der Waals surface area contributed by atoms with Crippen molar-refractivity contribution in [2.24, 2.45) is 0 Å². The molecule has 0 aliphatic carbocycles. The molecule has 4 rings (SSSR count). The highest BCUT2D eigenvalue weighted by Gasteiger charge is 2.25. The van der Waals surface area contributed by atoms with Gasteiger partial charge in [0, 0.05) is 40.9 Å². The number of para-hydroxylation sites is 1. The van der Waals surface area contributed by atoms with Crippen LogP contribution in [0.2, 0.25) is 5.02 Å². The van der Waals surface area contributed by atoms with Crippen LogP contribution in [0.3, 0.4) is 0 Å². The quantitative estimate of drug-likeness (QED) is 0.695. The summed E-state index contributed by atoms with van der Waals surface area (Å²) < 4.78 is 0. The van der Waals surface area contributed by atoms with Crippen LogP contribution < -0.4 is 0 Å². The number of nitrogens with zero attached hydrogens (tertiary/aromatic N) is 2. The molecule has 0 bridgehead atoms. The van der Waals surface area contributed by atoms with Crippen molar-refractivity contribution in [1.82, 2.24) is 15.1 Å². The highest BCUT2D eigenvalue weighted by molar-refractivity contribution is 6.30. The first-order valence-electron chi connectivity index (χ1n) is 8.99. The van der Waals surface area contributed by atoms with E-state index in [1.165, 1.54) is 5.69 Å². The molecule has 5 heteroatoms. The number of likely N-dealkylation sites (tertiary alicyclic amines) is 1. The number of hydrogen-bond acceptors (Lipinski definition) is 3. The molecule has 4 nitrogen and oxygen atoms in total. The number of phenolic OH excluding ortho intramolecular Hbond substituents is 1. The van der Waals surface area contributed by atoms with Crippen LogP contribution in [0.5, 0.6) is 5.75 Å². The van der Waals surface area contributed by atoms with Crippen LogP contribution in [0, 0.1) is 0 Å². The zero-order valence-corrected chi connectivity index (χ0v) is 15.3. The van der Waals surface area contributed by atoms with Crippen LogP contribution in [0.15, 0.2) is 54.7 Å². The average Bonchev–Trinajstić information content (AvgIpc) is 3.14. The Morgan fingerprint density at radius 3 is 2.77 bits per heavy atom. The Balaban J connectivity index is 1.53. The van der Waals surface area contributed by atoms with E-state index in [1.807, 2.05) is 48.7 Å². The highest BCUT2D eigenvalue weighted by atomic mass is 35.5. The lowest BCUT2D eigenvalue weighted by Crippen LogP contribution is -2.34. The normalized spacial score (nSPS) is 18.1. The summed E-state index contributed by atoms with van der Waals surface area (Å²) in [5.41, 5.74) is 4.46. The molecule has 0 saturated carbocycles. The largest absolute Gasteiger partial charge is 0.508 e. The molecule has 3 aromatic rings. The standard InChI is InChI=1S/C21H22ClN3O/c22-18-9-7-15(8-10-18)19-12-23-24-21(19)17-5-3-11-25(14-17)13-16-4-1-2-6-20(16)26/h1-2,4,6-10,12,17,26H,3,5,11,13-14H2,(H,23,24). The number of aromatic hydroxyl groups is 1. The van der Waals surface area contributed by atoms with E-state index in [0.29, 0.717) is 11.7 Å². The summed E-state index contributed by atoms with van der Waals surface area (Å²) in [7, 11) is 0. The molecule has 0 spiro atoms. The van der Waals surface area contributed by atoms with Crippen molar-refractivity contribution >= 4 is 11.6 Å². The number of aromatic amines is 1. The summed E-state index contributed by atoms with van der Waals surface area (Å²) >= 11 is 6.02. The Hall–Kier alpha value is -2.30. The predicted octanol–water partition coefficient (Wildman–Crippen LogP) is 4.82. The molecule has 1 atom stereocenters. The van der Waals surface area contributed by atoms with Crippen molar-refractivity contribution in [2.45, 2.75) is 25.3 Å². The van der Waals surface area contributed by atoms with Crippen molar-refractivity contribution < 1.29 is 5.11 Å². The maximum absolute atomic E-state index is 10.1. The summed E-state index contributed by atoms with van der Waals surface area (Å²) in [4.78, 5) is 2.41. The molecule has 2 heterocycles. The molecule has 1 aliphatic rings. The Labute approximate surface area is 158 Å². The predicted molar refractivity (Wildman–Crippen MR) is 104 cm³/mol. The van der Waals surface area contributed by atoms with Crippen LogP contribution in [0.25, 0.3) is 11.1 Å². The van der Waals surface area contributed by atoms with Gasteiger partial charge in [0.05, 0.1) is 6.20 Å². The van der Waals surface area contributed by atoms with Gasteiger partial charge in [-0.3, -0.25) is 10.00 Å². The van der Waals surface area contributed by atoms with E-state index in [0.717, 1.165) is 54.2 Å². The fourth-order valence-corrected chi connectivity index (χ4v) is 3.91. The number of rotatable bonds is 4. The second kappa shape index (κ2) is 7.52. The summed E-state index contributed by atoms with van der Waals surface area (Å²) in [6, 6.07) is 15.5. The lowest BCUT2D eigenvalue weighted by Gasteiger charge is -2.32. The molecule has 1 aliphatic heterocycles. The van der Waals surface area contributed by atoms with Crippen LogP contribution in [-0.2, 0) is 6.54 Å². The van der Waals surface area contributed by atoms with Gasteiger partial charge < -0.3 is 5.11 Å². The van der Waals surface area contributed by atoms with Gasteiger partial charge in [-0.15, -0.1) is 0 Å². The zero-order chi connectivity index (χ0) is 17.9. The first-order chi connectivity index (χ1) is 12.7. The first kappa shape index (κ1) is 17.1. The zero-order valence-electron chi connectivity index (χ0n) is 14.5. The molecule has 0 amide bonds. The van der Waals surface area contributed by atoms with E-state index in [1.54, 1.807) is 6.07 Å². The minimum atomic E-state index is 0.373. The minimum Gasteiger partial charge on any atom is -0.508 e. The molecular formula is C21H22ClN3O. The number of benzene rings is 2. The smallest absolute Gasteiger partial charge is 0.120 e. The Morgan fingerprint density at radius 2 is 1.96 bits per heavy atom. The topological polar surface area (TPSA) is 52.1 Å². The lowest BCUT2D eigenvalue weighted by atomic mass is 9.90. The van der Waals surface area contributed by atoms with E-state index < -0.39 is 0 Å². The highest BCUT2D eigenvalue weighted by Crippen LogP contribution is 2.34. The summed E-state index contributed by atoms with van der Waals surface area (Å²) in [6.07, 6.45) is 4.18. The van der Waals surface area contributed by atoms with E-state index in [9.17, 15) is 5.11 Å². The summed E-state index contributed by atoms with van der Waals surface area (Å²) in [6.45, 7) is 2.78. The third-order valence-electron chi connectivity index (χ3n) is 5.12. The van der Waals surface area contributed by atoms with Gasteiger partial charge in [0.1, 0.15) is 5.75 Å². The summed E-state index contributed by atoms with van der Waals surface area (Å²) in [5, 5.41) is 18.3. The number of hydrogen-bond donors (Lipinski definition) is 2. The Morgan fingerprint density at radius 1 is 1.15 bits per heavy atom. The maximum Gasteiger partial charge on any atom is 0.120 e. The molecule has 1 aromatic heterocycles. The molecule has 1 unspecified atom stereocenters.